The highest BCUT2D eigenvalue weighted by Gasteiger charge is 2.23. The number of primary amides is 1. The fourth-order valence-corrected chi connectivity index (χ4v) is 2.70. The van der Waals surface area contributed by atoms with Crippen molar-refractivity contribution in [3.63, 3.8) is 0 Å². The smallest absolute Gasteiger partial charge is 0.250 e. The van der Waals surface area contributed by atoms with Crippen molar-refractivity contribution in [3.05, 3.63) is 23.8 Å². The maximum Gasteiger partial charge on any atom is 0.250 e. The van der Waals surface area contributed by atoms with Crippen molar-refractivity contribution >= 4 is 17.3 Å². The molecule has 0 spiro atoms. The third-order valence-corrected chi connectivity index (χ3v) is 3.85. The molecule has 1 atom stereocenters. The van der Waals surface area contributed by atoms with Gasteiger partial charge in [-0.3, -0.25) is 4.79 Å². The summed E-state index contributed by atoms with van der Waals surface area (Å²) in [4.78, 5) is 15.9. The molecule has 0 aromatic heterocycles. The van der Waals surface area contributed by atoms with Crippen LogP contribution in [-0.2, 0) is 0 Å². The van der Waals surface area contributed by atoms with Crippen molar-refractivity contribution in [2.75, 3.05) is 37.8 Å². The van der Waals surface area contributed by atoms with Crippen LogP contribution in [0.5, 0.6) is 0 Å². The fourth-order valence-electron chi connectivity index (χ4n) is 2.70. The first-order valence-corrected chi connectivity index (χ1v) is 6.59. The summed E-state index contributed by atoms with van der Waals surface area (Å²) in [5.41, 5.74) is 13.2. The molecule has 19 heavy (non-hydrogen) atoms. The Balaban J connectivity index is 2.20. The van der Waals surface area contributed by atoms with E-state index >= 15 is 0 Å². The fraction of sp³-hybridized carbons (Fsp3) is 0.500. The second kappa shape index (κ2) is 5.48. The standard InChI is InChI=1S/C14H22N4O/c1-17-7-3-4-11(17)9-18(2)13-8-10(15)5-6-12(13)14(16)19/h5-6,8,11H,3-4,7,9,15H2,1-2H3,(H2,16,19). The number of hydrogen-bond acceptors (Lipinski definition) is 4. The Morgan fingerprint density at radius 1 is 1.53 bits per heavy atom. The lowest BCUT2D eigenvalue weighted by Gasteiger charge is -2.28. The minimum Gasteiger partial charge on any atom is -0.399 e. The van der Waals surface area contributed by atoms with Gasteiger partial charge in [-0.2, -0.15) is 0 Å². The first-order valence-electron chi connectivity index (χ1n) is 6.59. The van der Waals surface area contributed by atoms with Gasteiger partial charge in [0.15, 0.2) is 0 Å². The SMILES string of the molecule is CN(CC1CCCN1C)c1cc(N)ccc1C(N)=O. The molecule has 1 aliphatic heterocycles. The van der Waals surface area contributed by atoms with E-state index in [0.29, 0.717) is 17.3 Å². The molecule has 4 N–H and O–H groups in total. The molecule has 1 aromatic carbocycles. The number of hydrogen-bond donors (Lipinski definition) is 2. The number of rotatable bonds is 4. The van der Waals surface area contributed by atoms with Crippen LogP contribution in [0.4, 0.5) is 11.4 Å². The van der Waals surface area contributed by atoms with Gasteiger partial charge in [-0.05, 0) is 44.6 Å². The summed E-state index contributed by atoms with van der Waals surface area (Å²) >= 11 is 0. The van der Waals surface area contributed by atoms with Gasteiger partial charge in [-0.15, -0.1) is 0 Å². The largest absolute Gasteiger partial charge is 0.399 e. The molecular formula is C14H22N4O. The van der Waals surface area contributed by atoms with Crippen LogP contribution in [0.1, 0.15) is 23.2 Å². The van der Waals surface area contributed by atoms with E-state index in [1.54, 1.807) is 12.1 Å². The highest BCUT2D eigenvalue weighted by molar-refractivity contribution is 5.99. The van der Waals surface area contributed by atoms with Crippen molar-refractivity contribution in [1.29, 1.82) is 0 Å². The van der Waals surface area contributed by atoms with Gasteiger partial charge in [0.05, 0.1) is 11.3 Å². The average molecular weight is 262 g/mol. The summed E-state index contributed by atoms with van der Waals surface area (Å²) < 4.78 is 0. The average Bonchev–Trinajstić information content (AvgIpc) is 2.74. The van der Waals surface area contributed by atoms with Gasteiger partial charge in [0.2, 0.25) is 0 Å². The molecule has 0 saturated carbocycles. The number of anilines is 2. The van der Waals surface area contributed by atoms with Gasteiger partial charge in [0.25, 0.3) is 5.91 Å². The Kier molecular flexibility index (Phi) is 3.95. The lowest BCUT2D eigenvalue weighted by atomic mass is 10.1. The lowest BCUT2D eigenvalue weighted by Crippen LogP contribution is -2.37. The van der Waals surface area contributed by atoms with Crippen LogP contribution < -0.4 is 16.4 Å². The van der Waals surface area contributed by atoms with E-state index in [0.717, 1.165) is 18.8 Å². The summed E-state index contributed by atoms with van der Waals surface area (Å²) in [5, 5.41) is 0. The summed E-state index contributed by atoms with van der Waals surface area (Å²) in [7, 11) is 4.12. The third kappa shape index (κ3) is 2.98. The molecule has 0 bridgehead atoms. The number of nitrogens with zero attached hydrogens (tertiary/aromatic N) is 2. The predicted molar refractivity (Wildman–Crippen MR) is 78.3 cm³/mol. The van der Waals surface area contributed by atoms with Gasteiger partial charge in [0, 0.05) is 25.3 Å². The number of likely N-dealkylation sites (tertiary alicyclic amines) is 1. The molecule has 0 aliphatic carbocycles. The van der Waals surface area contributed by atoms with Crippen LogP contribution in [-0.4, -0.2) is 44.0 Å². The molecule has 104 valence electrons. The quantitative estimate of drug-likeness (QED) is 0.790. The van der Waals surface area contributed by atoms with Crippen LogP contribution in [0.15, 0.2) is 18.2 Å². The Morgan fingerprint density at radius 2 is 2.26 bits per heavy atom. The molecule has 1 amide bonds. The molecule has 5 heteroatoms. The second-order valence-electron chi connectivity index (χ2n) is 5.30. The van der Waals surface area contributed by atoms with Crippen molar-refractivity contribution < 1.29 is 4.79 Å². The number of likely N-dealkylation sites (N-methyl/N-ethyl adjacent to an activating group) is 2. The maximum absolute atomic E-state index is 11.5. The summed E-state index contributed by atoms with van der Waals surface area (Å²) in [6.45, 7) is 2.01. The summed E-state index contributed by atoms with van der Waals surface area (Å²) in [6, 6.07) is 5.74. The van der Waals surface area contributed by atoms with Crippen LogP contribution in [0.2, 0.25) is 0 Å². The zero-order valence-corrected chi connectivity index (χ0v) is 11.6. The second-order valence-corrected chi connectivity index (χ2v) is 5.30. The monoisotopic (exact) mass is 262 g/mol. The molecule has 1 saturated heterocycles. The van der Waals surface area contributed by atoms with Crippen LogP contribution >= 0.6 is 0 Å². The van der Waals surface area contributed by atoms with Crippen molar-refractivity contribution in [2.24, 2.45) is 5.73 Å². The van der Waals surface area contributed by atoms with E-state index in [9.17, 15) is 4.79 Å². The molecule has 0 radical (unpaired) electrons. The molecule has 1 heterocycles. The van der Waals surface area contributed by atoms with Crippen LogP contribution in [0, 0.1) is 0 Å². The number of amides is 1. The normalized spacial score (nSPS) is 19.6. The Bertz CT molecular complexity index is 475. The molecule has 5 nitrogen and oxygen atoms in total. The molecule has 1 fully saturated rings. The first kappa shape index (κ1) is 13.7. The maximum atomic E-state index is 11.5. The van der Waals surface area contributed by atoms with Gasteiger partial charge < -0.3 is 21.3 Å². The minimum absolute atomic E-state index is 0.415. The molecule has 2 rings (SSSR count). The third-order valence-electron chi connectivity index (χ3n) is 3.85. The van der Waals surface area contributed by atoms with Gasteiger partial charge in [0.1, 0.15) is 0 Å². The number of nitrogen functional groups attached to an aromatic ring is 1. The zero-order chi connectivity index (χ0) is 14.0. The lowest BCUT2D eigenvalue weighted by molar-refractivity contribution is 0.100. The number of nitrogens with two attached hydrogens (primary N) is 2. The summed E-state index contributed by atoms with van der Waals surface area (Å²) in [6.07, 6.45) is 2.42. The molecule has 1 aliphatic rings. The van der Waals surface area contributed by atoms with Gasteiger partial charge in [-0.1, -0.05) is 0 Å². The van der Waals surface area contributed by atoms with E-state index in [4.69, 9.17) is 11.5 Å². The Morgan fingerprint density at radius 3 is 2.84 bits per heavy atom. The van der Waals surface area contributed by atoms with E-state index in [1.165, 1.54) is 12.8 Å². The number of benzene rings is 1. The molecule has 1 unspecified atom stereocenters. The number of carbonyl (C=O) groups is 1. The predicted octanol–water partition coefficient (Wildman–Crippen LogP) is 0.898. The van der Waals surface area contributed by atoms with Crippen molar-refractivity contribution in [2.45, 2.75) is 18.9 Å². The summed E-state index contributed by atoms with van der Waals surface area (Å²) in [5.74, 6) is -0.415. The van der Waals surface area contributed by atoms with Gasteiger partial charge in [-0.25, -0.2) is 0 Å². The van der Waals surface area contributed by atoms with E-state index < -0.39 is 5.91 Å². The molecule has 1 aromatic rings. The molecular weight excluding hydrogens is 240 g/mol. The first-order chi connectivity index (χ1) is 8.99. The van der Waals surface area contributed by atoms with Crippen LogP contribution in [0.25, 0.3) is 0 Å². The Labute approximate surface area is 114 Å². The van der Waals surface area contributed by atoms with E-state index in [-0.39, 0.29) is 0 Å². The number of carbonyl (C=O) groups excluding carboxylic acids is 1. The van der Waals surface area contributed by atoms with Gasteiger partial charge >= 0.3 is 0 Å². The van der Waals surface area contributed by atoms with Crippen molar-refractivity contribution in [1.82, 2.24) is 4.90 Å². The zero-order valence-electron chi connectivity index (χ0n) is 11.6. The minimum atomic E-state index is -0.415. The highest BCUT2D eigenvalue weighted by atomic mass is 16.1. The highest BCUT2D eigenvalue weighted by Crippen LogP contribution is 2.24. The van der Waals surface area contributed by atoms with E-state index in [2.05, 4.69) is 16.8 Å². The van der Waals surface area contributed by atoms with Crippen LogP contribution in [0.3, 0.4) is 0 Å². The Hall–Kier alpha value is -1.75. The van der Waals surface area contributed by atoms with Crippen molar-refractivity contribution in [3.8, 4) is 0 Å². The topological polar surface area (TPSA) is 75.6 Å². The van der Waals surface area contributed by atoms with E-state index in [1.807, 2.05) is 13.1 Å².